The van der Waals surface area contributed by atoms with Gasteiger partial charge in [0, 0.05) is 23.2 Å². The van der Waals surface area contributed by atoms with E-state index >= 15 is 0 Å². The Bertz CT molecular complexity index is 3660. The second kappa shape index (κ2) is 24.7. The van der Waals surface area contributed by atoms with Crippen molar-refractivity contribution in [2.45, 2.75) is 159 Å². The van der Waals surface area contributed by atoms with E-state index in [4.69, 9.17) is 34.6 Å². The lowest BCUT2D eigenvalue weighted by atomic mass is 9.63. The van der Waals surface area contributed by atoms with Crippen LogP contribution in [0, 0.1) is 35.5 Å². The van der Waals surface area contributed by atoms with E-state index in [1.165, 1.54) is 29.2 Å². The van der Waals surface area contributed by atoms with Gasteiger partial charge in [-0.3, -0.25) is 14.9 Å². The number of carbonyl (C=O) groups excluding carboxylic acids is 5. The third kappa shape index (κ3) is 15.4. The number of carbonyl (C=O) groups is 6. The van der Waals surface area contributed by atoms with Gasteiger partial charge >= 0.3 is 37.2 Å². The molecule has 6 aromatic rings. The number of halogens is 6. The fourth-order valence-electron chi connectivity index (χ4n) is 13.5. The number of nitrogens with one attached hydrogen (secondary N) is 1. The first-order chi connectivity index (χ1) is 41.3. The number of carboxylic acid groups (broad SMARTS) is 1. The number of imide groups is 1. The summed E-state index contributed by atoms with van der Waals surface area (Å²) in [6, 6.07) is 15.7. The van der Waals surface area contributed by atoms with Crippen molar-refractivity contribution in [3.05, 3.63) is 95.1 Å². The molecule has 480 valence electrons. The van der Waals surface area contributed by atoms with Gasteiger partial charge in [0.05, 0.1) is 46.7 Å². The highest BCUT2D eigenvalue weighted by Gasteiger charge is 2.45. The maximum Gasteiger partial charge on any atom is 0.573 e. The maximum absolute atomic E-state index is 13.6. The minimum atomic E-state index is -4.90. The number of amides is 5. The van der Waals surface area contributed by atoms with E-state index in [-0.39, 0.29) is 75.8 Å². The molecule has 0 bridgehead atoms. The lowest BCUT2D eigenvalue weighted by Gasteiger charge is -2.46. The van der Waals surface area contributed by atoms with E-state index in [1.54, 1.807) is 52.0 Å². The Balaban J connectivity index is 0.000000231. The fraction of sp³-hybridized carbons (Fsp3) is 0.484. The van der Waals surface area contributed by atoms with Crippen molar-refractivity contribution >= 4 is 81.6 Å². The molecule has 4 N–H and O–H groups in total. The van der Waals surface area contributed by atoms with E-state index < -0.39 is 72.7 Å². The van der Waals surface area contributed by atoms with Gasteiger partial charge in [-0.25, -0.2) is 38.9 Å². The van der Waals surface area contributed by atoms with Crippen LogP contribution in [0.2, 0.25) is 0 Å². The number of rotatable bonds is 14. The number of hydrogen-bond acceptors (Lipinski definition) is 14. The summed E-state index contributed by atoms with van der Waals surface area (Å²) in [5, 5.41) is 12.5. The van der Waals surface area contributed by atoms with Crippen LogP contribution < -0.4 is 30.3 Å². The van der Waals surface area contributed by atoms with Crippen molar-refractivity contribution < 1.29 is 88.6 Å². The van der Waals surface area contributed by atoms with Crippen molar-refractivity contribution in [1.29, 1.82) is 0 Å². The standard InChI is InChI=1S/C33H41F3N4O7.C29H31F3N4O6/c1-8-44-29(42)40(20-10-12-22(13-11-20)47-33(34,35)36)28-38-24-15-23(26(27(37)41)46-30(43)45-9-2)19(3)14-25(24)39(28)21-16-31(4,5)18-32(6,7)17-21;1-15-10-21-20(11-19(15)22-23(37)34-25(38)41-22)33-24(35(21)17-12-27(2,3)14-28(4,5)13-17)36(26(39)40)16-6-8-18(9-7-16)42-29(30,31)32/h10-15,21,26H,8-9,16-18H2,1-7H3,(H2,37,41);6-11,17,22H,12-14H2,1-5H3,(H,39,40)(H,34,37,38). The predicted octanol–water partition coefficient (Wildman–Crippen LogP) is 15.2. The van der Waals surface area contributed by atoms with Crippen LogP contribution in [0.4, 0.5) is 68.8 Å². The number of hydrogen-bond donors (Lipinski definition) is 3. The molecule has 2 aliphatic carbocycles. The minimum Gasteiger partial charge on any atom is -0.464 e. The molecule has 3 fully saturated rings. The molecular formula is C62H72F6N8O13. The van der Waals surface area contributed by atoms with Gasteiger partial charge in [-0.2, -0.15) is 0 Å². The molecule has 0 spiro atoms. The Hall–Kier alpha value is -8.78. The summed E-state index contributed by atoms with van der Waals surface area (Å²) in [5.41, 5.74) is 9.34. The topological polar surface area (TPSA) is 258 Å². The molecule has 89 heavy (non-hydrogen) atoms. The molecule has 1 aliphatic heterocycles. The Kier molecular flexibility index (Phi) is 18.3. The summed E-state index contributed by atoms with van der Waals surface area (Å²) in [5.74, 6) is -2.31. The van der Waals surface area contributed by atoms with Gasteiger partial charge in [0.2, 0.25) is 24.1 Å². The minimum absolute atomic E-state index is 0.0169. The quantitative estimate of drug-likeness (QED) is 0.0520. The largest absolute Gasteiger partial charge is 0.573 e. The number of aryl methyl sites for hydroxylation is 2. The number of cyclic esters (lactones) is 1. The fourth-order valence-corrected chi connectivity index (χ4v) is 13.5. The molecule has 0 radical (unpaired) electrons. The summed E-state index contributed by atoms with van der Waals surface area (Å²) in [6.07, 6.45) is -11.8. The maximum atomic E-state index is 13.6. The highest BCUT2D eigenvalue weighted by molar-refractivity contribution is 6.02. The smallest absolute Gasteiger partial charge is 0.464 e. The molecule has 3 aliphatic rings. The third-order valence-corrected chi connectivity index (χ3v) is 15.6. The number of nitrogens with zero attached hydrogens (tertiary/aromatic N) is 6. The van der Waals surface area contributed by atoms with Gasteiger partial charge in [-0.15, -0.1) is 26.3 Å². The highest BCUT2D eigenvalue weighted by atomic mass is 19.4. The molecule has 9 rings (SSSR count). The number of fused-ring (bicyclic) bond motifs is 2. The normalized spacial score (nSPS) is 18.4. The summed E-state index contributed by atoms with van der Waals surface area (Å²) in [4.78, 5) is 86.8. The number of benzene rings is 4. The van der Waals surface area contributed by atoms with E-state index in [9.17, 15) is 60.2 Å². The molecule has 2 aromatic heterocycles. The molecule has 2 unspecified atom stereocenters. The summed E-state index contributed by atoms with van der Waals surface area (Å²) < 4.78 is 109. The van der Waals surface area contributed by atoms with Crippen molar-refractivity contribution in [3.63, 3.8) is 0 Å². The van der Waals surface area contributed by atoms with Gasteiger partial charge < -0.3 is 48.4 Å². The number of ether oxygens (including phenoxy) is 6. The molecule has 2 saturated carbocycles. The van der Waals surface area contributed by atoms with Gasteiger partial charge in [0.25, 0.3) is 11.8 Å². The first kappa shape index (κ1) is 66.2. The van der Waals surface area contributed by atoms with Crippen molar-refractivity contribution in [3.8, 4) is 11.5 Å². The van der Waals surface area contributed by atoms with E-state index in [0.717, 1.165) is 54.8 Å². The van der Waals surface area contributed by atoms with Crippen molar-refractivity contribution in [2.24, 2.45) is 27.4 Å². The Morgan fingerprint density at radius 1 is 0.674 bits per heavy atom. The number of aromatic nitrogens is 4. The van der Waals surface area contributed by atoms with Crippen LogP contribution >= 0.6 is 0 Å². The van der Waals surface area contributed by atoms with Gasteiger partial charge in [0.15, 0.2) is 0 Å². The number of primary amides is 1. The molecule has 4 aromatic carbocycles. The van der Waals surface area contributed by atoms with Crippen LogP contribution in [0.15, 0.2) is 72.8 Å². The number of nitrogens with two attached hydrogens (primary N) is 1. The summed E-state index contributed by atoms with van der Waals surface area (Å²) in [6.45, 7) is 24.1. The van der Waals surface area contributed by atoms with Crippen LogP contribution in [-0.2, 0) is 28.5 Å². The molecule has 27 heteroatoms. The van der Waals surface area contributed by atoms with Crippen LogP contribution in [0.3, 0.4) is 0 Å². The zero-order valence-electron chi connectivity index (χ0n) is 51.3. The summed E-state index contributed by atoms with van der Waals surface area (Å²) in [7, 11) is 0. The van der Waals surface area contributed by atoms with Gasteiger partial charge in [-0.1, -0.05) is 55.4 Å². The van der Waals surface area contributed by atoms with Crippen LogP contribution in [0.5, 0.6) is 11.5 Å². The van der Waals surface area contributed by atoms with E-state index in [0.29, 0.717) is 51.6 Å². The predicted molar refractivity (Wildman–Crippen MR) is 313 cm³/mol. The molecule has 5 amide bonds. The molecular weight excluding hydrogens is 1180 g/mol. The SMILES string of the molecule is CCOC(=O)OC(C(N)=O)c1cc2nc(N(C(=O)OCC)c3ccc(OC(F)(F)F)cc3)n(C3CC(C)(C)CC(C)(C)C3)c2cc1C.Cc1cc2c(cc1C1OC(=O)NC1=O)nc(N(C(=O)O)c1ccc(OC(F)(F)F)cc1)n2C1CC(C)(C)CC(C)(C)C1. The monoisotopic (exact) mass is 1250 g/mol. The van der Waals surface area contributed by atoms with Gasteiger partial charge in [-0.05, 0) is 172 Å². The Labute approximate surface area is 508 Å². The second-order valence-corrected chi connectivity index (χ2v) is 25.7. The lowest BCUT2D eigenvalue weighted by molar-refractivity contribution is -0.275. The van der Waals surface area contributed by atoms with Crippen LogP contribution in [0.25, 0.3) is 22.1 Å². The molecule has 21 nitrogen and oxygen atoms in total. The zero-order chi connectivity index (χ0) is 65.7. The third-order valence-electron chi connectivity index (χ3n) is 15.6. The summed E-state index contributed by atoms with van der Waals surface area (Å²) >= 11 is 0. The molecule has 1 saturated heterocycles. The number of alkyl halides is 6. The molecule has 2 atom stereocenters. The average molecular weight is 1250 g/mol. The lowest BCUT2D eigenvalue weighted by Crippen LogP contribution is -2.37. The zero-order valence-corrected chi connectivity index (χ0v) is 51.3. The van der Waals surface area contributed by atoms with Crippen molar-refractivity contribution in [1.82, 2.24) is 24.4 Å². The number of imidazole rings is 2. The van der Waals surface area contributed by atoms with E-state index in [1.807, 2.05) is 9.13 Å². The van der Waals surface area contributed by atoms with Crippen LogP contribution in [-0.4, -0.2) is 86.4 Å². The molecule has 3 heterocycles. The number of anilines is 4. The van der Waals surface area contributed by atoms with Crippen molar-refractivity contribution in [2.75, 3.05) is 23.0 Å². The Morgan fingerprint density at radius 2 is 1.10 bits per heavy atom. The van der Waals surface area contributed by atoms with Crippen LogP contribution in [0.1, 0.15) is 154 Å². The Morgan fingerprint density at radius 3 is 1.51 bits per heavy atom. The van der Waals surface area contributed by atoms with E-state index in [2.05, 4.69) is 70.2 Å². The number of alkyl carbamates (subject to hydrolysis) is 1. The highest BCUT2D eigenvalue weighted by Crippen LogP contribution is 2.54. The first-order valence-corrected chi connectivity index (χ1v) is 28.7. The average Bonchev–Trinajstić information content (AvgIpc) is 1.64. The first-order valence-electron chi connectivity index (χ1n) is 28.7. The van der Waals surface area contributed by atoms with Gasteiger partial charge in [0.1, 0.15) is 11.5 Å². The second-order valence-electron chi connectivity index (χ2n) is 25.7.